The van der Waals surface area contributed by atoms with Crippen LogP contribution in [0, 0.1) is 0 Å². The van der Waals surface area contributed by atoms with Gasteiger partial charge in [0.05, 0.1) is 5.69 Å². The molecule has 1 amide bonds. The van der Waals surface area contributed by atoms with Crippen molar-refractivity contribution in [1.82, 2.24) is 0 Å². The Morgan fingerprint density at radius 2 is 1.62 bits per heavy atom. The summed E-state index contributed by atoms with van der Waals surface area (Å²) in [6, 6.07) is 5.55. The van der Waals surface area contributed by atoms with Gasteiger partial charge in [0.25, 0.3) is 0 Å². The number of carbonyl (C=O) groups excluding carboxylic acids is 4. The van der Waals surface area contributed by atoms with E-state index >= 15 is 0 Å². The summed E-state index contributed by atoms with van der Waals surface area (Å²) >= 11 is 0. The molecule has 0 saturated heterocycles. The molecule has 0 bridgehead atoms. The molecule has 0 spiro atoms. The van der Waals surface area contributed by atoms with Gasteiger partial charge in [-0.25, -0.2) is 0 Å². The molecule has 6 nitrogen and oxygen atoms in total. The monoisotopic (exact) mass is 218 g/mol. The highest BCUT2D eigenvalue weighted by Crippen LogP contribution is 2.13. The SMILES string of the molecule is O=CC(=O)N=Nc1ccc(C(=O)C=O)cc1. The third kappa shape index (κ3) is 3.02. The second kappa shape index (κ2) is 5.40. The van der Waals surface area contributed by atoms with E-state index < -0.39 is 11.7 Å². The second-order valence-corrected chi connectivity index (χ2v) is 2.69. The first-order valence-electron chi connectivity index (χ1n) is 4.18. The van der Waals surface area contributed by atoms with E-state index in [1.54, 1.807) is 0 Å². The Morgan fingerprint density at radius 3 is 2.12 bits per heavy atom. The van der Waals surface area contributed by atoms with Crippen molar-refractivity contribution in [2.75, 3.05) is 0 Å². The van der Waals surface area contributed by atoms with Gasteiger partial charge in [0.15, 0.2) is 6.29 Å². The van der Waals surface area contributed by atoms with Gasteiger partial charge in [-0.1, -0.05) is 0 Å². The van der Waals surface area contributed by atoms with Crippen molar-refractivity contribution < 1.29 is 19.2 Å². The van der Waals surface area contributed by atoms with Gasteiger partial charge in [0.1, 0.15) is 0 Å². The third-order valence-corrected chi connectivity index (χ3v) is 1.62. The lowest BCUT2D eigenvalue weighted by molar-refractivity contribution is -0.129. The minimum Gasteiger partial charge on any atom is -0.294 e. The number of carbonyl (C=O) groups is 4. The minimum atomic E-state index is -0.993. The molecule has 80 valence electrons. The smallest absolute Gasteiger partial charge is 0.294 e. The number of ketones is 1. The molecule has 0 radical (unpaired) electrons. The van der Waals surface area contributed by atoms with Crippen molar-refractivity contribution in [2.24, 2.45) is 10.2 Å². The Bertz CT molecular complexity index is 462. The van der Waals surface area contributed by atoms with Crippen LogP contribution < -0.4 is 0 Å². The van der Waals surface area contributed by atoms with E-state index in [1.807, 2.05) is 0 Å². The van der Waals surface area contributed by atoms with E-state index in [4.69, 9.17) is 0 Å². The van der Waals surface area contributed by atoms with Gasteiger partial charge in [-0.2, -0.15) is 0 Å². The van der Waals surface area contributed by atoms with Crippen LogP contribution in [-0.2, 0) is 14.4 Å². The maximum Gasteiger partial charge on any atom is 0.328 e. The summed E-state index contributed by atoms with van der Waals surface area (Å²) in [6.45, 7) is 0. The molecular weight excluding hydrogens is 212 g/mol. The number of hydrogen-bond acceptors (Lipinski definition) is 5. The molecule has 0 atom stereocenters. The van der Waals surface area contributed by atoms with E-state index in [0.29, 0.717) is 5.69 Å². The molecule has 0 aliphatic carbocycles. The van der Waals surface area contributed by atoms with Crippen LogP contribution in [0.25, 0.3) is 0 Å². The van der Waals surface area contributed by atoms with Gasteiger partial charge in [0.2, 0.25) is 12.1 Å². The first-order chi connectivity index (χ1) is 7.67. The molecule has 1 aromatic rings. The molecule has 1 aromatic carbocycles. The predicted octanol–water partition coefficient (Wildman–Crippen LogP) is 0.877. The molecule has 0 aliphatic heterocycles. The van der Waals surface area contributed by atoms with E-state index in [9.17, 15) is 19.2 Å². The zero-order valence-electron chi connectivity index (χ0n) is 7.99. The van der Waals surface area contributed by atoms with E-state index in [0.717, 1.165) is 0 Å². The van der Waals surface area contributed by atoms with Crippen molar-refractivity contribution >= 4 is 30.0 Å². The number of azo groups is 1. The van der Waals surface area contributed by atoms with Crippen LogP contribution >= 0.6 is 0 Å². The Morgan fingerprint density at radius 1 is 1.00 bits per heavy atom. The summed E-state index contributed by atoms with van der Waals surface area (Å²) in [6.07, 6.45) is 0.236. The summed E-state index contributed by atoms with van der Waals surface area (Å²) in [5, 5.41) is 6.52. The lowest BCUT2D eigenvalue weighted by Crippen LogP contribution is -1.98. The average molecular weight is 218 g/mol. The zero-order chi connectivity index (χ0) is 12.0. The molecule has 0 saturated carbocycles. The fourth-order valence-corrected chi connectivity index (χ4v) is 0.891. The third-order valence-electron chi connectivity index (χ3n) is 1.62. The van der Waals surface area contributed by atoms with Crippen molar-refractivity contribution in [3.63, 3.8) is 0 Å². The van der Waals surface area contributed by atoms with Crippen LogP contribution in [0.1, 0.15) is 10.4 Å². The van der Waals surface area contributed by atoms with Crippen molar-refractivity contribution in [2.45, 2.75) is 0 Å². The largest absolute Gasteiger partial charge is 0.328 e. The Hall–Kier alpha value is -2.50. The summed E-state index contributed by atoms with van der Waals surface area (Å²) in [5.74, 6) is -1.64. The average Bonchev–Trinajstić information content (AvgIpc) is 2.35. The molecule has 0 unspecified atom stereocenters. The quantitative estimate of drug-likeness (QED) is 0.324. The van der Waals surface area contributed by atoms with Crippen LogP contribution in [-0.4, -0.2) is 24.3 Å². The van der Waals surface area contributed by atoms with E-state index in [2.05, 4.69) is 10.2 Å². The first kappa shape index (κ1) is 11.6. The molecule has 1 rings (SSSR count). The van der Waals surface area contributed by atoms with Crippen LogP contribution in [0.3, 0.4) is 0 Å². The summed E-state index contributed by atoms with van der Waals surface area (Å²) < 4.78 is 0. The van der Waals surface area contributed by atoms with Gasteiger partial charge in [0, 0.05) is 5.56 Å². The fraction of sp³-hybridized carbons (Fsp3) is 0. The standard InChI is InChI=1S/C10H6N2O4/c13-5-9(15)7-1-3-8(4-2-7)11-12-10(16)6-14/h1-6H. The van der Waals surface area contributed by atoms with Crippen molar-refractivity contribution in [3.8, 4) is 0 Å². The summed E-state index contributed by atoms with van der Waals surface area (Å²) in [7, 11) is 0. The number of nitrogens with zero attached hydrogens (tertiary/aromatic N) is 2. The Labute approximate surface area is 90.0 Å². The molecule has 6 heteroatoms. The highest BCUT2D eigenvalue weighted by Gasteiger charge is 2.02. The molecule has 0 aromatic heterocycles. The molecule has 0 fully saturated rings. The zero-order valence-corrected chi connectivity index (χ0v) is 7.99. The Kier molecular flexibility index (Phi) is 3.90. The van der Waals surface area contributed by atoms with Gasteiger partial charge in [-0.3, -0.25) is 19.2 Å². The van der Waals surface area contributed by atoms with Crippen LogP contribution in [0.4, 0.5) is 5.69 Å². The number of hydrogen-bond donors (Lipinski definition) is 0. The highest BCUT2D eigenvalue weighted by atomic mass is 16.2. The van der Waals surface area contributed by atoms with Crippen molar-refractivity contribution in [1.29, 1.82) is 0 Å². The second-order valence-electron chi connectivity index (χ2n) is 2.69. The normalized spacial score (nSPS) is 10.0. The van der Waals surface area contributed by atoms with Gasteiger partial charge in [-0.05, 0) is 24.3 Å². The highest BCUT2D eigenvalue weighted by molar-refractivity contribution is 6.33. The number of rotatable bonds is 4. The minimum absolute atomic E-state index is 0.0355. The number of benzene rings is 1. The maximum atomic E-state index is 10.9. The number of amides is 1. The molecule has 0 aliphatic rings. The maximum absolute atomic E-state index is 10.9. The lowest BCUT2D eigenvalue weighted by Gasteiger charge is -1.94. The summed E-state index contributed by atoms with van der Waals surface area (Å²) in [5.41, 5.74) is 0.522. The first-order valence-corrected chi connectivity index (χ1v) is 4.18. The van der Waals surface area contributed by atoms with Crippen LogP contribution in [0.5, 0.6) is 0 Å². The lowest BCUT2D eigenvalue weighted by atomic mass is 10.1. The molecule has 16 heavy (non-hydrogen) atoms. The van der Waals surface area contributed by atoms with Gasteiger partial charge >= 0.3 is 5.91 Å². The van der Waals surface area contributed by atoms with E-state index in [1.165, 1.54) is 24.3 Å². The number of Topliss-reactive ketones (excluding diaryl/α,β-unsaturated/α-hetero) is 1. The fourth-order valence-electron chi connectivity index (χ4n) is 0.891. The van der Waals surface area contributed by atoms with Crippen LogP contribution in [0.15, 0.2) is 34.5 Å². The van der Waals surface area contributed by atoms with Crippen LogP contribution in [0.2, 0.25) is 0 Å². The Balaban J connectivity index is 2.83. The van der Waals surface area contributed by atoms with E-state index in [-0.39, 0.29) is 18.1 Å². The molecule has 0 heterocycles. The number of aldehydes is 2. The van der Waals surface area contributed by atoms with Gasteiger partial charge < -0.3 is 0 Å². The van der Waals surface area contributed by atoms with Gasteiger partial charge in [-0.15, -0.1) is 10.2 Å². The van der Waals surface area contributed by atoms with Crippen molar-refractivity contribution in [3.05, 3.63) is 29.8 Å². The summed E-state index contributed by atoms with van der Waals surface area (Å²) in [4.78, 5) is 41.5. The molecule has 0 N–H and O–H groups in total. The topological polar surface area (TPSA) is 93.0 Å². The molecular formula is C10H6N2O4. The predicted molar refractivity (Wildman–Crippen MR) is 52.4 cm³/mol.